The van der Waals surface area contributed by atoms with Crippen molar-refractivity contribution in [3.8, 4) is 5.88 Å². The van der Waals surface area contributed by atoms with Crippen molar-refractivity contribution >= 4 is 15.9 Å². The highest BCUT2D eigenvalue weighted by molar-refractivity contribution is 9.10. The van der Waals surface area contributed by atoms with Crippen molar-refractivity contribution in [3.05, 3.63) is 17.0 Å². The molecule has 84 valence electrons. The van der Waals surface area contributed by atoms with Crippen LogP contribution in [0.1, 0.15) is 13.8 Å². The molecule has 4 nitrogen and oxygen atoms in total. The van der Waals surface area contributed by atoms with Gasteiger partial charge in [-0.15, -0.1) is 0 Å². The number of aromatic nitrogens is 2. The van der Waals surface area contributed by atoms with E-state index in [1.807, 2.05) is 0 Å². The maximum absolute atomic E-state index is 5.40. The third-order valence-corrected chi connectivity index (χ3v) is 2.10. The lowest BCUT2D eigenvalue weighted by molar-refractivity contribution is 0.0803. The van der Waals surface area contributed by atoms with Crippen molar-refractivity contribution < 1.29 is 9.47 Å². The molecule has 0 saturated heterocycles. The SMILES string of the molecule is CC(C)COCCOc1ncncc1Br. The summed E-state index contributed by atoms with van der Waals surface area (Å²) in [4.78, 5) is 7.82. The minimum Gasteiger partial charge on any atom is -0.474 e. The molecule has 0 radical (unpaired) electrons. The zero-order valence-electron chi connectivity index (χ0n) is 8.94. The number of rotatable bonds is 6. The molecule has 0 aromatic carbocycles. The van der Waals surface area contributed by atoms with E-state index < -0.39 is 0 Å². The molecule has 1 aromatic rings. The second-order valence-electron chi connectivity index (χ2n) is 3.49. The van der Waals surface area contributed by atoms with Crippen molar-refractivity contribution in [2.75, 3.05) is 19.8 Å². The van der Waals surface area contributed by atoms with Gasteiger partial charge in [0.05, 0.1) is 11.1 Å². The van der Waals surface area contributed by atoms with Gasteiger partial charge >= 0.3 is 0 Å². The molecule has 1 aromatic heterocycles. The summed E-state index contributed by atoms with van der Waals surface area (Å²) in [7, 11) is 0. The number of ether oxygens (including phenoxy) is 2. The summed E-state index contributed by atoms with van der Waals surface area (Å²) >= 11 is 3.30. The van der Waals surface area contributed by atoms with Crippen LogP contribution in [0.25, 0.3) is 0 Å². The van der Waals surface area contributed by atoms with Gasteiger partial charge < -0.3 is 9.47 Å². The average Bonchev–Trinajstić information content (AvgIpc) is 2.20. The van der Waals surface area contributed by atoms with Gasteiger partial charge in [0.1, 0.15) is 12.9 Å². The van der Waals surface area contributed by atoms with Crippen molar-refractivity contribution in [1.29, 1.82) is 0 Å². The molecule has 0 unspecified atom stereocenters. The van der Waals surface area contributed by atoms with E-state index in [1.54, 1.807) is 6.20 Å². The monoisotopic (exact) mass is 274 g/mol. The van der Waals surface area contributed by atoms with Crippen LogP contribution >= 0.6 is 15.9 Å². The first kappa shape index (κ1) is 12.4. The van der Waals surface area contributed by atoms with E-state index in [0.717, 1.165) is 11.1 Å². The maximum atomic E-state index is 5.40. The Morgan fingerprint density at radius 1 is 1.40 bits per heavy atom. The van der Waals surface area contributed by atoms with Gasteiger partial charge in [0.2, 0.25) is 5.88 Å². The smallest absolute Gasteiger partial charge is 0.231 e. The van der Waals surface area contributed by atoms with Crippen LogP contribution in [0.3, 0.4) is 0 Å². The lowest BCUT2D eigenvalue weighted by atomic mass is 10.2. The summed E-state index contributed by atoms with van der Waals surface area (Å²) < 4.78 is 11.5. The van der Waals surface area contributed by atoms with Crippen molar-refractivity contribution in [2.24, 2.45) is 5.92 Å². The average molecular weight is 275 g/mol. The lowest BCUT2D eigenvalue weighted by Crippen LogP contribution is -2.10. The van der Waals surface area contributed by atoms with Gasteiger partial charge in [-0.2, -0.15) is 0 Å². The van der Waals surface area contributed by atoms with Crippen LogP contribution in [0, 0.1) is 5.92 Å². The van der Waals surface area contributed by atoms with E-state index in [1.165, 1.54) is 6.33 Å². The van der Waals surface area contributed by atoms with Crippen LogP contribution in [0.2, 0.25) is 0 Å². The highest BCUT2D eigenvalue weighted by Crippen LogP contribution is 2.19. The van der Waals surface area contributed by atoms with Crippen molar-refractivity contribution in [3.63, 3.8) is 0 Å². The second kappa shape index (κ2) is 6.74. The third kappa shape index (κ3) is 5.09. The molecular formula is C10H15BrN2O2. The normalized spacial score (nSPS) is 10.7. The molecule has 1 rings (SSSR count). The number of halogens is 1. The molecule has 1 heterocycles. The van der Waals surface area contributed by atoms with Gasteiger partial charge in [-0.25, -0.2) is 9.97 Å². The fourth-order valence-corrected chi connectivity index (χ4v) is 1.26. The van der Waals surface area contributed by atoms with E-state index in [2.05, 4.69) is 39.7 Å². The summed E-state index contributed by atoms with van der Waals surface area (Å²) in [5.74, 6) is 1.11. The summed E-state index contributed by atoms with van der Waals surface area (Å²) in [6.07, 6.45) is 3.10. The zero-order valence-corrected chi connectivity index (χ0v) is 10.5. The lowest BCUT2D eigenvalue weighted by Gasteiger charge is -2.08. The predicted molar refractivity (Wildman–Crippen MR) is 60.9 cm³/mol. The summed E-state index contributed by atoms with van der Waals surface area (Å²) in [5, 5.41) is 0. The minimum absolute atomic E-state index is 0.502. The number of nitrogens with zero attached hydrogens (tertiary/aromatic N) is 2. The Bertz CT molecular complexity index is 295. The second-order valence-corrected chi connectivity index (χ2v) is 4.35. The van der Waals surface area contributed by atoms with Crippen molar-refractivity contribution in [2.45, 2.75) is 13.8 Å². The Morgan fingerprint density at radius 3 is 2.87 bits per heavy atom. The van der Waals surface area contributed by atoms with Crippen LogP contribution in [0.4, 0.5) is 0 Å². The molecule has 0 N–H and O–H groups in total. The summed E-state index contributed by atoms with van der Waals surface area (Å²) in [6, 6.07) is 0. The van der Waals surface area contributed by atoms with Gasteiger partial charge in [-0.05, 0) is 21.8 Å². The fourth-order valence-electron chi connectivity index (χ4n) is 0.924. The first-order valence-electron chi connectivity index (χ1n) is 4.86. The first-order valence-corrected chi connectivity index (χ1v) is 5.65. The van der Waals surface area contributed by atoms with Gasteiger partial charge in [-0.3, -0.25) is 0 Å². The molecule has 0 aliphatic heterocycles. The standard InChI is InChI=1S/C10H15BrN2O2/c1-8(2)6-14-3-4-15-10-9(11)5-12-7-13-10/h5,7-8H,3-4,6H2,1-2H3. The molecule has 0 bridgehead atoms. The summed E-state index contributed by atoms with van der Waals surface area (Å²) in [6.45, 7) is 6.06. The Labute approximate surface area is 98.2 Å². The van der Waals surface area contributed by atoms with E-state index in [4.69, 9.17) is 9.47 Å². The maximum Gasteiger partial charge on any atom is 0.231 e. The fraction of sp³-hybridized carbons (Fsp3) is 0.600. The Kier molecular flexibility index (Phi) is 5.57. The van der Waals surface area contributed by atoms with Crippen LogP contribution in [-0.4, -0.2) is 29.8 Å². The van der Waals surface area contributed by atoms with E-state index in [0.29, 0.717) is 25.0 Å². The molecule has 5 heteroatoms. The molecule has 0 atom stereocenters. The number of hydrogen-bond donors (Lipinski definition) is 0. The Balaban J connectivity index is 2.18. The van der Waals surface area contributed by atoms with Crippen molar-refractivity contribution in [1.82, 2.24) is 9.97 Å². The molecule has 0 amide bonds. The van der Waals surface area contributed by atoms with Gasteiger partial charge in [0.15, 0.2) is 0 Å². The number of hydrogen-bond acceptors (Lipinski definition) is 4. The first-order chi connectivity index (χ1) is 7.20. The highest BCUT2D eigenvalue weighted by atomic mass is 79.9. The quantitative estimate of drug-likeness (QED) is 0.747. The van der Waals surface area contributed by atoms with E-state index >= 15 is 0 Å². The van der Waals surface area contributed by atoms with Crippen LogP contribution in [-0.2, 0) is 4.74 Å². The predicted octanol–water partition coefficient (Wildman–Crippen LogP) is 2.29. The van der Waals surface area contributed by atoms with Gasteiger partial charge in [-0.1, -0.05) is 13.8 Å². The van der Waals surface area contributed by atoms with E-state index in [-0.39, 0.29) is 0 Å². The highest BCUT2D eigenvalue weighted by Gasteiger charge is 2.01. The molecular weight excluding hydrogens is 260 g/mol. The Morgan fingerprint density at radius 2 is 2.20 bits per heavy atom. The zero-order chi connectivity index (χ0) is 11.1. The molecule has 0 aliphatic carbocycles. The van der Waals surface area contributed by atoms with Gasteiger partial charge in [0.25, 0.3) is 0 Å². The minimum atomic E-state index is 0.502. The molecule has 0 saturated carbocycles. The van der Waals surface area contributed by atoms with Gasteiger partial charge in [0, 0.05) is 12.8 Å². The molecule has 0 aliphatic rings. The largest absolute Gasteiger partial charge is 0.474 e. The van der Waals surface area contributed by atoms with Crippen LogP contribution in [0.5, 0.6) is 5.88 Å². The molecule has 0 spiro atoms. The van der Waals surface area contributed by atoms with E-state index in [9.17, 15) is 0 Å². The Hall–Kier alpha value is -0.680. The summed E-state index contributed by atoms with van der Waals surface area (Å²) in [5.41, 5.74) is 0. The third-order valence-electron chi connectivity index (χ3n) is 1.55. The molecule has 0 fully saturated rings. The topological polar surface area (TPSA) is 44.2 Å². The molecule has 15 heavy (non-hydrogen) atoms. The van der Waals surface area contributed by atoms with Crippen LogP contribution in [0.15, 0.2) is 17.0 Å². The van der Waals surface area contributed by atoms with Crippen LogP contribution < -0.4 is 4.74 Å².